The molecular formula is C30H23O3P. The molecule has 3 nitrogen and oxygen atoms in total. The Hall–Kier alpha value is -4.07. The third kappa shape index (κ3) is 4.96. The first-order valence-corrected chi connectivity index (χ1v) is 12.6. The maximum atomic E-state index is 14.0. The summed E-state index contributed by atoms with van der Waals surface area (Å²) in [6, 6.07) is 44.3. The van der Waals surface area contributed by atoms with Crippen LogP contribution in [-0.2, 0) is 4.57 Å². The molecule has 0 aromatic heterocycles. The van der Waals surface area contributed by atoms with E-state index in [0.29, 0.717) is 16.8 Å². The first-order valence-electron chi connectivity index (χ1n) is 11.1. The van der Waals surface area contributed by atoms with Gasteiger partial charge in [-0.1, -0.05) is 103 Å². The number of rotatable bonds is 7. The van der Waals surface area contributed by atoms with Gasteiger partial charge in [0.2, 0.25) is 0 Å². The molecule has 0 unspecified atom stereocenters. The summed E-state index contributed by atoms with van der Waals surface area (Å²) in [6.07, 6.45) is 0. The topological polar surface area (TPSA) is 35.5 Å². The van der Waals surface area contributed by atoms with E-state index in [9.17, 15) is 4.57 Å². The summed E-state index contributed by atoms with van der Waals surface area (Å²) in [6.45, 7) is 0. The molecule has 0 fully saturated rings. The van der Waals surface area contributed by atoms with Crippen LogP contribution in [0.2, 0.25) is 0 Å². The predicted molar refractivity (Wildman–Crippen MR) is 139 cm³/mol. The fourth-order valence-electron chi connectivity index (χ4n) is 3.69. The second-order valence-corrected chi connectivity index (χ2v) is 9.67. The van der Waals surface area contributed by atoms with Crippen molar-refractivity contribution in [1.29, 1.82) is 0 Å². The number of hydrogen-bond donors (Lipinski definition) is 0. The van der Waals surface area contributed by atoms with Crippen LogP contribution < -0.4 is 14.4 Å². The fourth-order valence-corrected chi connectivity index (χ4v) is 5.27. The summed E-state index contributed by atoms with van der Waals surface area (Å²) >= 11 is 0. The van der Waals surface area contributed by atoms with Crippen molar-refractivity contribution in [3.63, 3.8) is 0 Å². The van der Waals surface area contributed by atoms with Gasteiger partial charge in [0.1, 0.15) is 11.5 Å². The van der Waals surface area contributed by atoms with Gasteiger partial charge in [0.25, 0.3) is 0 Å². The smallest absolute Gasteiger partial charge is 0.413 e. The molecule has 166 valence electrons. The predicted octanol–water partition coefficient (Wildman–Crippen LogP) is 8.00. The van der Waals surface area contributed by atoms with Gasteiger partial charge in [-0.05, 0) is 58.7 Å². The zero-order valence-electron chi connectivity index (χ0n) is 18.5. The van der Waals surface area contributed by atoms with E-state index < -0.39 is 7.60 Å². The van der Waals surface area contributed by atoms with Crippen molar-refractivity contribution in [2.75, 3.05) is 0 Å². The molecule has 0 N–H and O–H groups in total. The average molecular weight is 462 g/mol. The van der Waals surface area contributed by atoms with Gasteiger partial charge in [0, 0.05) is 0 Å². The molecule has 5 rings (SSSR count). The van der Waals surface area contributed by atoms with Gasteiger partial charge in [0.05, 0.1) is 5.30 Å². The first kappa shape index (κ1) is 21.8. The molecule has 4 heteroatoms. The lowest BCUT2D eigenvalue weighted by Gasteiger charge is -2.20. The molecule has 0 heterocycles. The largest absolute Gasteiger partial charge is 0.462 e. The van der Waals surface area contributed by atoms with Crippen LogP contribution in [0.3, 0.4) is 0 Å². The van der Waals surface area contributed by atoms with Crippen LogP contribution in [0, 0.1) is 0 Å². The Kier molecular flexibility index (Phi) is 6.29. The lowest BCUT2D eigenvalue weighted by Crippen LogP contribution is -2.14. The highest BCUT2D eigenvalue weighted by atomic mass is 31.2. The van der Waals surface area contributed by atoms with Crippen molar-refractivity contribution >= 4 is 12.9 Å². The van der Waals surface area contributed by atoms with E-state index in [-0.39, 0.29) is 0 Å². The molecule has 0 aliphatic rings. The van der Waals surface area contributed by atoms with Crippen LogP contribution in [-0.4, -0.2) is 0 Å². The van der Waals surface area contributed by atoms with Crippen molar-refractivity contribution in [3.8, 4) is 33.8 Å². The molecule has 0 saturated carbocycles. The van der Waals surface area contributed by atoms with Crippen LogP contribution in [0.4, 0.5) is 0 Å². The zero-order valence-corrected chi connectivity index (χ0v) is 19.3. The molecule has 0 saturated heterocycles. The Bertz CT molecular complexity index is 1290. The minimum absolute atomic E-state index is 0.479. The summed E-state index contributed by atoms with van der Waals surface area (Å²) in [5, 5.41) is 0.495. The second-order valence-electron chi connectivity index (χ2n) is 7.80. The molecule has 0 amide bonds. The van der Waals surface area contributed by atoms with E-state index in [0.717, 1.165) is 22.3 Å². The minimum atomic E-state index is -3.69. The number of hydrogen-bond acceptors (Lipinski definition) is 3. The van der Waals surface area contributed by atoms with E-state index in [2.05, 4.69) is 0 Å². The quantitative estimate of drug-likeness (QED) is 0.230. The van der Waals surface area contributed by atoms with Crippen molar-refractivity contribution < 1.29 is 13.6 Å². The highest BCUT2D eigenvalue weighted by Crippen LogP contribution is 2.48. The molecule has 0 spiro atoms. The van der Waals surface area contributed by atoms with Crippen LogP contribution in [0.1, 0.15) is 0 Å². The Balaban J connectivity index is 1.41. The van der Waals surface area contributed by atoms with Gasteiger partial charge < -0.3 is 9.05 Å². The van der Waals surface area contributed by atoms with Gasteiger partial charge >= 0.3 is 7.60 Å². The van der Waals surface area contributed by atoms with Crippen LogP contribution in [0.25, 0.3) is 22.3 Å². The van der Waals surface area contributed by atoms with Crippen LogP contribution in [0.15, 0.2) is 140 Å². The number of benzene rings is 5. The van der Waals surface area contributed by atoms with Crippen molar-refractivity contribution in [2.45, 2.75) is 0 Å². The summed E-state index contributed by atoms with van der Waals surface area (Å²) < 4.78 is 26.1. The maximum absolute atomic E-state index is 14.0. The Labute approximate surface area is 199 Å². The molecule has 34 heavy (non-hydrogen) atoms. The molecule has 0 aliphatic carbocycles. The van der Waals surface area contributed by atoms with Gasteiger partial charge in [-0.15, -0.1) is 0 Å². The van der Waals surface area contributed by atoms with Crippen molar-refractivity contribution in [3.05, 3.63) is 140 Å². The molecule has 0 aliphatic heterocycles. The van der Waals surface area contributed by atoms with E-state index >= 15 is 0 Å². The highest BCUT2D eigenvalue weighted by molar-refractivity contribution is 7.63. The lowest BCUT2D eigenvalue weighted by molar-refractivity contribution is 0.399. The third-order valence-corrected chi connectivity index (χ3v) is 7.28. The monoisotopic (exact) mass is 462 g/mol. The molecule has 0 atom stereocenters. The normalized spacial score (nSPS) is 11.1. The lowest BCUT2D eigenvalue weighted by atomic mass is 10.1. The summed E-state index contributed by atoms with van der Waals surface area (Å²) in [5.41, 5.74) is 4.32. The maximum Gasteiger partial charge on any atom is 0.462 e. The Morgan fingerprint density at radius 1 is 0.382 bits per heavy atom. The van der Waals surface area contributed by atoms with Crippen LogP contribution >= 0.6 is 7.60 Å². The standard InChI is InChI=1S/C30H23O3P/c31-34(30-14-8-3-9-15-30,32-28-20-16-26(17-21-28)24-10-4-1-5-11-24)33-29-22-18-27(19-23-29)25-12-6-2-7-13-25/h1-23H. The van der Waals surface area contributed by atoms with Gasteiger partial charge in [-0.25, -0.2) is 4.57 Å². The van der Waals surface area contributed by atoms with Gasteiger partial charge in [-0.2, -0.15) is 0 Å². The first-order chi connectivity index (χ1) is 16.7. The summed E-state index contributed by atoms with van der Waals surface area (Å²) in [7, 11) is -3.69. The Morgan fingerprint density at radius 3 is 1.09 bits per heavy atom. The van der Waals surface area contributed by atoms with E-state index in [1.165, 1.54) is 0 Å². The van der Waals surface area contributed by atoms with Crippen LogP contribution in [0.5, 0.6) is 11.5 Å². The Morgan fingerprint density at radius 2 is 0.706 bits per heavy atom. The minimum Gasteiger partial charge on any atom is -0.413 e. The van der Waals surface area contributed by atoms with E-state index in [1.807, 2.05) is 127 Å². The summed E-state index contributed by atoms with van der Waals surface area (Å²) in [4.78, 5) is 0. The molecule has 0 bridgehead atoms. The zero-order chi connectivity index (χ0) is 23.2. The third-order valence-electron chi connectivity index (χ3n) is 5.45. The molecule has 5 aromatic rings. The SMILES string of the molecule is O=P(Oc1ccc(-c2ccccc2)cc1)(Oc1ccc(-c2ccccc2)cc1)c1ccccc1. The van der Waals surface area contributed by atoms with E-state index in [1.54, 1.807) is 12.1 Å². The van der Waals surface area contributed by atoms with Gasteiger partial charge in [0.15, 0.2) is 0 Å². The van der Waals surface area contributed by atoms with E-state index in [4.69, 9.17) is 9.05 Å². The second kappa shape index (κ2) is 9.82. The average Bonchev–Trinajstić information content (AvgIpc) is 2.91. The molecular weight excluding hydrogens is 439 g/mol. The van der Waals surface area contributed by atoms with Gasteiger partial charge in [-0.3, -0.25) is 0 Å². The van der Waals surface area contributed by atoms with Crippen molar-refractivity contribution in [2.24, 2.45) is 0 Å². The highest BCUT2D eigenvalue weighted by Gasteiger charge is 2.31. The fraction of sp³-hybridized carbons (Fsp3) is 0. The summed E-state index contributed by atoms with van der Waals surface area (Å²) in [5.74, 6) is 0.959. The molecule has 5 aromatic carbocycles. The van der Waals surface area contributed by atoms with Crippen molar-refractivity contribution in [1.82, 2.24) is 0 Å². The molecule has 0 radical (unpaired) electrons.